The van der Waals surface area contributed by atoms with E-state index in [1.54, 1.807) is 0 Å². The second-order valence-corrected chi connectivity index (χ2v) is 7.59. The molecule has 0 saturated carbocycles. The molecule has 18 heavy (non-hydrogen) atoms. The van der Waals surface area contributed by atoms with Crippen LogP contribution in [0.3, 0.4) is 0 Å². The molecule has 0 aliphatic carbocycles. The maximum Gasteiger partial charge on any atom is 0.419 e. The van der Waals surface area contributed by atoms with Crippen molar-refractivity contribution < 1.29 is 21.6 Å². The van der Waals surface area contributed by atoms with Crippen LogP contribution in [0.4, 0.5) is 13.2 Å². The molecule has 0 fully saturated rings. The van der Waals surface area contributed by atoms with E-state index in [4.69, 9.17) is 22.3 Å². The third-order valence-electron chi connectivity index (χ3n) is 2.12. The summed E-state index contributed by atoms with van der Waals surface area (Å²) in [6.45, 7) is 0. The lowest BCUT2D eigenvalue weighted by atomic mass is 10.2. The molecule has 1 aromatic heterocycles. The zero-order valence-electron chi connectivity index (χ0n) is 8.25. The Morgan fingerprint density at radius 2 is 1.83 bits per heavy atom. The second-order valence-electron chi connectivity index (χ2n) is 3.34. The van der Waals surface area contributed by atoms with Crippen molar-refractivity contribution >= 4 is 52.8 Å². The third kappa shape index (κ3) is 2.45. The molecule has 98 valence electrons. The highest BCUT2D eigenvalue weighted by molar-refractivity contribution is 8.15. The topological polar surface area (TPSA) is 34.1 Å². The fraction of sp³-hybridized carbons (Fsp3) is 0.111. The summed E-state index contributed by atoms with van der Waals surface area (Å²) in [5, 5.41) is -0.177. The quantitative estimate of drug-likeness (QED) is 0.719. The van der Waals surface area contributed by atoms with E-state index in [2.05, 4.69) is 0 Å². The van der Waals surface area contributed by atoms with Gasteiger partial charge >= 0.3 is 6.18 Å². The van der Waals surface area contributed by atoms with Gasteiger partial charge < -0.3 is 0 Å². The molecule has 0 atom stereocenters. The Morgan fingerprint density at radius 1 is 1.22 bits per heavy atom. The Kier molecular flexibility index (Phi) is 3.30. The largest absolute Gasteiger partial charge is 0.419 e. The van der Waals surface area contributed by atoms with E-state index in [-0.39, 0.29) is 15.1 Å². The van der Waals surface area contributed by atoms with Crippen LogP contribution in [0.5, 0.6) is 0 Å². The highest BCUT2D eigenvalue weighted by Gasteiger charge is 2.40. The van der Waals surface area contributed by atoms with Crippen LogP contribution in [-0.2, 0) is 15.2 Å². The Bertz CT molecular complexity index is 719. The Labute approximate surface area is 113 Å². The average Bonchev–Trinajstić information content (AvgIpc) is 2.54. The maximum atomic E-state index is 12.9. The van der Waals surface area contributed by atoms with E-state index in [1.165, 1.54) is 12.1 Å². The monoisotopic (exact) mass is 334 g/mol. The number of halogens is 5. The predicted molar refractivity (Wildman–Crippen MR) is 64.9 cm³/mol. The van der Waals surface area contributed by atoms with Crippen molar-refractivity contribution in [2.75, 3.05) is 0 Å². The molecule has 0 aliphatic heterocycles. The maximum absolute atomic E-state index is 12.9. The number of benzene rings is 1. The van der Waals surface area contributed by atoms with Gasteiger partial charge in [0.2, 0.25) is 0 Å². The van der Waals surface area contributed by atoms with Crippen molar-refractivity contribution in [2.45, 2.75) is 10.4 Å². The molecule has 0 saturated heterocycles. The van der Waals surface area contributed by atoms with Gasteiger partial charge in [0.15, 0.2) is 0 Å². The summed E-state index contributed by atoms with van der Waals surface area (Å²) in [4.78, 5) is 0. The number of alkyl halides is 3. The molecule has 2 rings (SSSR count). The fourth-order valence-electron chi connectivity index (χ4n) is 1.49. The molecule has 0 radical (unpaired) electrons. The molecule has 0 aliphatic rings. The average molecular weight is 335 g/mol. The van der Waals surface area contributed by atoms with E-state index in [1.807, 2.05) is 0 Å². The van der Waals surface area contributed by atoms with Gasteiger partial charge in [0.25, 0.3) is 9.05 Å². The number of rotatable bonds is 1. The highest BCUT2D eigenvalue weighted by Crippen LogP contribution is 2.45. The normalized spacial score (nSPS) is 13.2. The number of hydrogen-bond acceptors (Lipinski definition) is 3. The molecule has 0 unspecified atom stereocenters. The zero-order chi connectivity index (χ0) is 13.7. The van der Waals surface area contributed by atoms with Gasteiger partial charge in [-0.3, -0.25) is 0 Å². The lowest BCUT2D eigenvalue weighted by Gasteiger charge is -2.06. The molecule has 1 aromatic carbocycles. The van der Waals surface area contributed by atoms with Crippen LogP contribution in [-0.4, -0.2) is 8.42 Å². The summed E-state index contributed by atoms with van der Waals surface area (Å²) in [7, 11) is 0.567. The molecule has 0 bridgehead atoms. The zero-order valence-corrected chi connectivity index (χ0v) is 11.4. The van der Waals surface area contributed by atoms with Gasteiger partial charge in [-0.2, -0.15) is 13.2 Å². The minimum absolute atomic E-state index is 0.0873. The summed E-state index contributed by atoms with van der Waals surface area (Å²) in [5.74, 6) is 0. The predicted octanol–water partition coefficient (Wildman–Crippen LogP) is 4.50. The summed E-state index contributed by atoms with van der Waals surface area (Å²) in [5.41, 5.74) is -1.26. The molecule has 9 heteroatoms. The number of fused-ring (bicyclic) bond motifs is 1. The molecule has 0 amide bonds. The standard InChI is InChI=1S/C9H3Cl2F3O2S2/c10-4-1-2-6-5(3-4)7(9(12,13)14)8(17-6)18(11,15)16/h1-3H. The second kappa shape index (κ2) is 4.26. The van der Waals surface area contributed by atoms with Crippen LogP contribution >= 0.6 is 33.6 Å². The van der Waals surface area contributed by atoms with Crippen molar-refractivity contribution in [1.29, 1.82) is 0 Å². The van der Waals surface area contributed by atoms with Gasteiger partial charge in [0, 0.05) is 25.8 Å². The first-order chi connectivity index (χ1) is 8.10. The lowest BCUT2D eigenvalue weighted by molar-refractivity contribution is -0.138. The van der Waals surface area contributed by atoms with Crippen molar-refractivity contribution in [3.63, 3.8) is 0 Å². The van der Waals surface area contributed by atoms with Crippen LogP contribution in [0.15, 0.2) is 22.4 Å². The minimum Gasteiger partial charge on any atom is -0.206 e. The van der Waals surface area contributed by atoms with Crippen molar-refractivity contribution in [2.24, 2.45) is 0 Å². The van der Waals surface area contributed by atoms with Gasteiger partial charge in [-0.05, 0) is 18.2 Å². The van der Waals surface area contributed by atoms with Crippen molar-refractivity contribution in [1.82, 2.24) is 0 Å². The van der Waals surface area contributed by atoms with Crippen LogP contribution in [0.2, 0.25) is 5.02 Å². The SMILES string of the molecule is O=S(=O)(Cl)c1sc2ccc(Cl)cc2c1C(F)(F)F. The van der Waals surface area contributed by atoms with E-state index < -0.39 is 25.0 Å². The van der Waals surface area contributed by atoms with E-state index in [0.29, 0.717) is 11.3 Å². The summed E-state index contributed by atoms with van der Waals surface area (Å²) in [6.07, 6.45) is -4.82. The van der Waals surface area contributed by atoms with Gasteiger partial charge in [0.05, 0.1) is 5.56 Å². The smallest absolute Gasteiger partial charge is 0.206 e. The van der Waals surface area contributed by atoms with Crippen molar-refractivity contribution in [3.8, 4) is 0 Å². The first-order valence-corrected chi connectivity index (χ1v) is 7.85. The molecular formula is C9H3Cl2F3O2S2. The summed E-state index contributed by atoms with van der Waals surface area (Å²) in [6, 6.07) is 3.77. The van der Waals surface area contributed by atoms with Crippen molar-refractivity contribution in [3.05, 3.63) is 28.8 Å². The molecule has 0 N–H and O–H groups in total. The molecule has 2 aromatic rings. The lowest BCUT2D eigenvalue weighted by Crippen LogP contribution is -2.08. The highest BCUT2D eigenvalue weighted by atomic mass is 35.7. The first kappa shape index (κ1) is 13.9. The summed E-state index contributed by atoms with van der Waals surface area (Å²) >= 11 is 6.09. The molecular weight excluding hydrogens is 332 g/mol. The minimum atomic E-state index is -4.82. The van der Waals surface area contributed by atoms with Gasteiger partial charge in [-0.25, -0.2) is 8.42 Å². The van der Waals surface area contributed by atoms with E-state index in [0.717, 1.165) is 6.07 Å². The fourth-order valence-corrected chi connectivity index (χ4v) is 4.25. The number of thiophene rings is 1. The molecule has 2 nitrogen and oxygen atoms in total. The Morgan fingerprint density at radius 3 is 2.33 bits per heavy atom. The van der Waals surface area contributed by atoms with Crippen LogP contribution in [0.25, 0.3) is 10.1 Å². The number of hydrogen-bond donors (Lipinski definition) is 0. The van der Waals surface area contributed by atoms with E-state index in [9.17, 15) is 21.6 Å². The Balaban J connectivity index is 2.96. The first-order valence-electron chi connectivity index (χ1n) is 4.34. The summed E-state index contributed by atoms with van der Waals surface area (Å²) < 4.78 is 60.4. The van der Waals surface area contributed by atoms with Crippen LogP contribution < -0.4 is 0 Å². The molecule has 0 spiro atoms. The van der Waals surface area contributed by atoms with Crippen LogP contribution in [0.1, 0.15) is 5.56 Å². The van der Waals surface area contributed by atoms with Gasteiger partial charge in [0.1, 0.15) is 4.21 Å². The Hall–Kier alpha value is -0.500. The molecule has 1 heterocycles. The van der Waals surface area contributed by atoms with Gasteiger partial charge in [-0.1, -0.05) is 11.6 Å². The van der Waals surface area contributed by atoms with E-state index >= 15 is 0 Å². The van der Waals surface area contributed by atoms with Crippen LogP contribution in [0, 0.1) is 0 Å². The van der Waals surface area contributed by atoms with Gasteiger partial charge in [-0.15, -0.1) is 11.3 Å². The third-order valence-corrected chi connectivity index (χ3v) is 5.62.